The Morgan fingerprint density at radius 3 is 2.86 bits per heavy atom. The van der Waals surface area contributed by atoms with Gasteiger partial charge >= 0.3 is 0 Å². The highest BCUT2D eigenvalue weighted by atomic mass is 32.1. The van der Waals surface area contributed by atoms with Gasteiger partial charge in [-0.2, -0.15) is 0 Å². The maximum atomic E-state index is 12.6. The summed E-state index contributed by atoms with van der Waals surface area (Å²) >= 11 is 1.61. The Kier molecular flexibility index (Phi) is 3.25. The molecule has 0 N–H and O–H groups in total. The van der Waals surface area contributed by atoms with E-state index in [4.69, 9.17) is 0 Å². The van der Waals surface area contributed by atoms with Crippen molar-refractivity contribution in [3.63, 3.8) is 0 Å². The summed E-state index contributed by atoms with van der Waals surface area (Å²) in [5.41, 5.74) is 0.587. The molecule has 1 aliphatic carbocycles. The van der Waals surface area contributed by atoms with Gasteiger partial charge < -0.3 is 9.47 Å². The lowest BCUT2D eigenvalue weighted by molar-refractivity contribution is 0.0701. The molecule has 4 rings (SSSR count). The van der Waals surface area contributed by atoms with Crippen LogP contribution in [0, 0.1) is 0 Å². The summed E-state index contributed by atoms with van der Waals surface area (Å²) in [6.45, 7) is 6.21. The van der Waals surface area contributed by atoms with Crippen molar-refractivity contribution in [1.29, 1.82) is 0 Å². The predicted molar refractivity (Wildman–Crippen MR) is 82.9 cm³/mol. The fourth-order valence-corrected chi connectivity index (χ4v) is 3.81. The van der Waals surface area contributed by atoms with Crippen LogP contribution in [-0.2, 0) is 13.1 Å². The van der Waals surface area contributed by atoms with Crippen LogP contribution in [0.2, 0.25) is 0 Å². The standard InChI is InChI=1S/C15H19N5OS/c1-9(2)13-18-17-12-7-19(5-6-20(12)13)15(21)11-8-22-14(16-11)10-3-4-10/h8-10H,3-7H2,1-2H3. The van der Waals surface area contributed by atoms with Crippen LogP contribution in [0.25, 0.3) is 0 Å². The molecule has 0 unspecified atom stereocenters. The average molecular weight is 317 g/mol. The number of hydrogen-bond donors (Lipinski definition) is 0. The number of carbonyl (C=O) groups excluding carboxylic acids is 1. The van der Waals surface area contributed by atoms with E-state index < -0.39 is 0 Å². The lowest BCUT2D eigenvalue weighted by atomic mass is 10.2. The van der Waals surface area contributed by atoms with Crippen LogP contribution in [0.5, 0.6) is 0 Å². The third kappa shape index (κ3) is 2.33. The van der Waals surface area contributed by atoms with Gasteiger partial charge in [-0.15, -0.1) is 21.5 Å². The van der Waals surface area contributed by atoms with Crippen molar-refractivity contribution in [2.24, 2.45) is 0 Å². The SMILES string of the molecule is CC(C)c1nnc2n1CCN(C(=O)c1csc(C3CC3)n1)C2. The largest absolute Gasteiger partial charge is 0.328 e. The zero-order valence-electron chi connectivity index (χ0n) is 12.8. The fourth-order valence-electron chi connectivity index (χ4n) is 2.85. The predicted octanol–water partition coefficient (Wildman–Crippen LogP) is 2.39. The number of amides is 1. The van der Waals surface area contributed by atoms with Crippen molar-refractivity contribution in [3.05, 3.63) is 27.7 Å². The lowest BCUT2D eigenvalue weighted by Crippen LogP contribution is -2.39. The molecular formula is C15H19N5OS. The molecule has 2 aliphatic rings. The first-order valence-electron chi connectivity index (χ1n) is 7.80. The van der Waals surface area contributed by atoms with E-state index in [1.165, 1.54) is 12.8 Å². The van der Waals surface area contributed by atoms with Gasteiger partial charge in [-0.25, -0.2) is 4.98 Å². The number of hydrogen-bond acceptors (Lipinski definition) is 5. The minimum atomic E-state index is 0.0171. The van der Waals surface area contributed by atoms with Gasteiger partial charge in [0, 0.05) is 30.3 Å². The second kappa shape index (κ2) is 5.15. The van der Waals surface area contributed by atoms with Crippen LogP contribution < -0.4 is 0 Å². The van der Waals surface area contributed by atoms with Gasteiger partial charge in [0.2, 0.25) is 0 Å². The van der Waals surface area contributed by atoms with Crippen LogP contribution >= 0.6 is 11.3 Å². The highest BCUT2D eigenvalue weighted by Gasteiger charge is 2.30. The Morgan fingerprint density at radius 2 is 2.14 bits per heavy atom. The molecule has 0 radical (unpaired) electrons. The van der Waals surface area contributed by atoms with Gasteiger partial charge in [0.1, 0.15) is 11.5 Å². The zero-order valence-corrected chi connectivity index (χ0v) is 13.6. The molecule has 0 saturated heterocycles. The second-order valence-corrected chi connectivity index (χ2v) is 7.24. The zero-order chi connectivity index (χ0) is 15.3. The molecule has 2 aromatic heterocycles. The quantitative estimate of drug-likeness (QED) is 0.872. The molecule has 0 spiro atoms. The van der Waals surface area contributed by atoms with Gasteiger partial charge in [-0.3, -0.25) is 4.79 Å². The Bertz CT molecular complexity index is 715. The molecule has 22 heavy (non-hydrogen) atoms. The minimum Gasteiger partial charge on any atom is -0.328 e. The van der Waals surface area contributed by atoms with E-state index in [0.29, 0.717) is 30.6 Å². The van der Waals surface area contributed by atoms with Crippen molar-refractivity contribution in [1.82, 2.24) is 24.6 Å². The molecule has 3 heterocycles. The van der Waals surface area contributed by atoms with E-state index in [9.17, 15) is 4.79 Å². The first kappa shape index (κ1) is 13.9. The summed E-state index contributed by atoms with van der Waals surface area (Å²) in [6.07, 6.45) is 2.43. The van der Waals surface area contributed by atoms with Crippen molar-refractivity contribution in [2.45, 2.75) is 51.6 Å². The molecule has 0 atom stereocenters. The van der Waals surface area contributed by atoms with Crippen LogP contribution in [-0.4, -0.2) is 37.1 Å². The van der Waals surface area contributed by atoms with Gasteiger partial charge in [0.15, 0.2) is 5.82 Å². The third-order valence-corrected chi connectivity index (χ3v) is 5.26. The molecular weight excluding hydrogens is 298 g/mol. The topological polar surface area (TPSA) is 63.9 Å². The molecule has 1 amide bonds. The normalized spacial score (nSPS) is 17.9. The van der Waals surface area contributed by atoms with Gasteiger partial charge in [-0.05, 0) is 12.8 Å². The smallest absolute Gasteiger partial charge is 0.273 e. The number of aromatic nitrogens is 4. The summed E-state index contributed by atoms with van der Waals surface area (Å²) in [4.78, 5) is 19.0. The molecule has 116 valence electrons. The number of thiazole rings is 1. The maximum Gasteiger partial charge on any atom is 0.273 e. The van der Waals surface area contributed by atoms with E-state index in [0.717, 1.165) is 23.2 Å². The first-order valence-corrected chi connectivity index (χ1v) is 8.68. The molecule has 1 fully saturated rings. The van der Waals surface area contributed by atoms with E-state index >= 15 is 0 Å². The van der Waals surface area contributed by atoms with Gasteiger partial charge in [0.05, 0.1) is 11.6 Å². The number of carbonyl (C=O) groups is 1. The Hall–Kier alpha value is -1.76. The first-order chi connectivity index (χ1) is 10.6. The molecule has 0 aromatic carbocycles. The van der Waals surface area contributed by atoms with Crippen molar-refractivity contribution in [3.8, 4) is 0 Å². The lowest BCUT2D eigenvalue weighted by Gasteiger charge is -2.27. The van der Waals surface area contributed by atoms with Gasteiger partial charge in [0.25, 0.3) is 5.91 Å². The highest BCUT2D eigenvalue weighted by Crippen LogP contribution is 2.41. The van der Waals surface area contributed by atoms with E-state index in [1.54, 1.807) is 11.3 Å². The molecule has 7 heteroatoms. The monoisotopic (exact) mass is 317 g/mol. The fraction of sp³-hybridized carbons (Fsp3) is 0.600. The second-order valence-electron chi connectivity index (χ2n) is 6.35. The Balaban J connectivity index is 1.52. The Labute approximate surface area is 133 Å². The number of rotatable bonds is 3. The van der Waals surface area contributed by atoms with Crippen LogP contribution in [0.15, 0.2) is 5.38 Å². The summed E-state index contributed by atoms with van der Waals surface area (Å²) < 4.78 is 2.14. The van der Waals surface area contributed by atoms with Crippen molar-refractivity contribution < 1.29 is 4.79 Å². The molecule has 2 aromatic rings. The van der Waals surface area contributed by atoms with E-state index in [-0.39, 0.29) is 5.91 Å². The highest BCUT2D eigenvalue weighted by molar-refractivity contribution is 7.10. The van der Waals surface area contributed by atoms with Crippen LogP contribution in [0.4, 0.5) is 0 Å². The number of fused-ring (bicyclic) bond motifs is 1. The molecule has 1 saturated carbocycles. The van der Waals surface area contributed by atoms with Crippen LogP contribution in [0.1, 0.15) is 65.7 Å². The number of nitrogens with zero attached hydrogens (tertiary/aromatic N) is 5. The Morgan fingerprint density at radius 1 is 1.32 bits per heavy atom. The van der Waals surface area contributed by atoms with E-state index in [2.05, 4.69) is 33.6 Å². The van der Waals surface area contributed by atoms with E-state index in [1.807, 2.05) is 10.3 Å². The van der Waals surface area contributed by atoms with Crippen molar-refractivity contribution >= 4 is 17.2 Å². The van der Waals surface area contributed by atoms with Crippen molar-refractivity contribution in [2.75, 3.05) is 6.54 Å². The molecule has 1 aliphatic heterocycles. The summed E-state index contributed by atoms with van der Waals surface area (Å²) in [6, 6.07) is 0. The minimum absolute atomic E-state index is 0.0171. The maximum absolute atomic E-state index is 12.6. The van der Waals surface area contributed by atoms with Crippen LogP contribution in [0.3, 0.4) is 0 Å². The molecule has 6 nitrogen and oxygen atoms in total. The summed E-state index contributed by atoms with van der Waals surface area (Å²) in [5, 5.41) is 11.5. The van der Waals surface area contributed by atoms with Gasteiger partial charge in [-0.1, -0.05) is 13.8 Å². The summed E-state index contributed by atoms with van der Waals surface area (Å²) in [7, 11) is 0. The molecule has 0 bridgehead atoms. The summed E-state index contributed by atoms with van der Waals surface area (Å²) in [5.74, 6) is 2.85. The average Bonchev–Trinajstić information content (AvgIpc) is 3.10. The third-order valence-electron chi connectivity index (χ3n) is 4.25.